The lowest BCUT2D eigenvalue weighted by Gasteiger charge is -2.30. The number of nitrogens with zero attached hydrogens (tertiary/aromatic N) is 1. The first-order valence-corrected chi connectivity index (χ1v) is 6.26. The summed E-state index contributed by atoms with van der Waals surface area (Å²) in [7, 11) is 1.50. The highest BCUT2D eigenvalue weighted by Gasteiger charge is 2.30. The van der Waals surface area contributed by atoms with E-state index >= 15 is 0 Å². The summed E-state index contributed by atoms with van der Waals surface area (Å²) in [5, 5.41) is 10.6. The van der Waals surface area contributed by atoms with E-state index in [2.05, 4.69) is 0 Å². The zero-order valence-corrected chi connectivity index (χ0v) is 10.6. The lowest BCUT2D eigenvalue weighted by molar-refractivity contribution is -0.154. The van der Waals surface area contributed by atoms with E-state index in [0.29, 0.717) is 17.2 Å². The van der Waals surface area contributed by atoms with Gasteiger partial charge >= 0.3 is 5.97 Å². The van der Waals surface area contributed by atoms with Crippen molar-refractivity contribution < 1.29 is 24.2 Å². The lowest BCUT2D eigenvalue weighted by atomic mass is 10.2. The molecule has 0 aliphatic carbocycles. The van der Waals surface area contributed by atoms with Gasteiger partial charge in [-0.15, -0.1) is 11.3 Å². The van der Waals surface area contributed by atoms with Crippen LogP contribution in [0.5, 0.6) is 5.75 Å². The van der Waals surface area contributed by atoms with Gasteiger partial charge in [0.05, 0.1) is 20.3 Å². The average Bonchev–Trinajstić information content (AvgIpc) is 2.86. The van der Waals surface area contributed by atoms with Crippen LogP contribution in [-0.4, -0.2) is 54.8 Å². The fourth-order valence-electron chi connectivity index (χ4n) is 1.74. The second-order valence-electron chi connectivity index (χ2n) is 3.77. The fraction of sp³-hybridized carbons (Fsp3) is 0.455. The summed E-state index contributed by atoms with van der Waals surface area (Å²) in [6.07, 6.45) is -0.950. The molecule has 0 unspecified atom stereocenters. The predicted octanol–water partition coefficient (Wildman–Crippen LogP) is 0.682. The molecule has 1 N–H and O–H groups in total. The third kappa shape index (κ3) is 2.46. The Kier molecular flexibility index (Phi) is 3.83. The first-order valence-electron chi connectivity index (χ1n) is 5.38. The molecule has 2 heterocycles. The molecule has 2 rings (SSSR count). The lowest BCUT2D eigenvalue weighted by Crippen LogP contribution is -2.48. The second-order valence-corrected chi connectivity index (χ2v) is 4.68. The van der Waals surface area contributed by atoms with Crippen molar-refractivity contribution in [3.05, 3.63) is 16.3 Å². The van der Waals surface area contributed by atoms with Crippen LogP contribution >= 0.6 is 11.3 Å². The van der Waals surface area contributed by atoms with Crippen molar-refractivity contribution in [2.45, 2.75) is 6.10 Å². The van der Waals surface area contributed by atoms with Gasteiger partial charge in [-0.25, -0.2) is 4.79 Å². The van der Waals surface area contributed by atoms with E-state index in [0.717, 1.165) is 0 Å². The number of thiophene rings is 1. The van der Waals surface area contributed by atoms with Crippen LogP contribution in [0.1, 0.15) is 9.67 Å². The van der Waals surface area contributed by atoms with Crippen molar-refractivity contribution in [2.24, 2.45) is 0 Å². The van der Waals surface area contributed by atoms with Crippen molar-refractivity contribution in [3.8, 4) is 5.75 Å². The summed E-state index contributed by atoms with van der Waals surface area (Å²) in [4.78, 5) is 25.0. The van der Waals surface area contributed by atoms with Gasteiger partial charge in [-0.2, -0.15) is 0 Å². The predicted molar refractivity (Wildman–Crippen MR) is 64.2 cm³/mol. The van der Waals surface area contributed by atoms with Crippen molar-refractivity contribution in [3.63, 3.8) is 0 Å². The Hall–Kier alpha value is -1.60. The normalized spacial score (nSPS) is 19.6. The van der Waals surface area contributed by atoms with E-state index in [9.17, 15) is 9.59 Å². The number of carboxylic acid groups (broad SMARTS) is 1. The number of hydrogen-bond acceptors (Lipinski definition) is 5. The summed E-state index contributed by atoms with van der Waals surface area (Å²) in [6.45, 7) is 0.690. The molecule has 1 amide bonds. The van der Waals surface area contributed by atoms with E-state index in [4.69, 9.17) is 14.6 Å². The van der Waals surface area contributed by atoms with Crippen LogP contribution in [0.3, 0.4) is 0 Å². The number of aliphatic carboxylic acids is 1. The van der Waals surface area contributed by atoms with Gasteiger partial charge in [-0.1, -0.05) is 0 Å². The Morgan fingerprint density at radius 2 is 2.39 bits per heavy atom. The molecule has 1 aliphatic heterocycles. The number of hydrogen-bond donors (Lipinski definition) is 1. The van der Waals surface area contributed by atoms with Crippen molar-refractivity contribution in [1.29, 1.82) is 0 Å². The molecule has 1 aromatic heterocycles. The van der Waals surface area contributed by atoms with E-state index in [1.165, 1.54) is 23.3 Å². The van der Waals surface area contributed by atoms with E-state index in [1.807, 2.05) is 0 Å². The van der Waals surface area contributed by atoms with Crippen LogP contribution in [0, 0.1) is 0 Å². The van der Waals surface area contributed by atoms with Crippen LogP contribution in [0.4, 0.5) is 0 Å². The van der Waals surface area contributed by atoms with Gasteiger partial charge in [0.25, 0.3) is 5.91 Å². The Labute approximate surface area is 108 Å². The van der Waals surface area contributed by atoms with Crippen LogP contribution in [-0.2, 0) is 9.53 Å². The van der Waals surface area contributed by atoms with Crippen LogP contribution in [0.15, 0.2) is 11.4 Å². The van der Waals surface area contributed by atoms with Gasteiger partial charge in [0.1, 0.15) is 10.6 Å². The first kappa shape index (κ1) is 12.8. The smallest absolute Gasteiger partial charge is 0.334 e. The Morgan fingerprint density at radius 3 is 3.06 bits per heavy atom. The summed E-state index contributed by atoms with van der Waals surface area (Å²) >= 11 is 1.28. The SMILES string of the molecule is COc1ccsc1C(=O)N1CCO[C@@H](C(=O)O)C1. The Bertz CT molecular complexity index is 458. The molecule has 1 aliphatic rings. The summed E-state index contributed by atoms with van der Waals surface area (Å²) in [5.41, 5.74) is 0. The van der Waals surface area contributed by atoms with Crippen LogP contribution < -0.4 is 4.74 Å². The molecule has 7 heteroatoms. The number of morpholine rings is 1. The van der Waals surface area contributed by atoms with E-state index < -0.39 is 12.1 Å². The third-order valence-corrected chi connectivity index (χ3v) is 3.56. The fourth-order valence-corrected chi connectivity index (χ4v) is 2.57. The number of carboxylic acids is 1. The number of carbonyl (C=O) groups is 2. The van der Waals surface area contributed by atoms with Crippen molar-refractivity contribution >= 4 is 23.2 Å². The average molecular weight is 271 g/mol. The number of ether oxygens (including phenoxy) is 2. The zero-order valence-electron chi connectivity index (χ0n) is 9.79. The van der Waals surface area contributed by atoms with Gasteiger partial charge in [-0.05, 0) is 11.4 Å². The monoisotopic (exact) mass is 271 g/mol. The highest BCUT2D eigenvalue weighted by atomic mass is 32.1. The maximum atomic E-state index is 12.2. The van der Waals surface area contributed by atoms with E-state index in [1.54, 1.807) is 11.4 Å². The van der Waals surface area contributed by atoms with Crippen LogP contribution in [0.25, 0.3) is 0 Å². The van der Waals surface area contributed by atoms with Crippen molar-refractivity contribution in [1.82, 2.24) is 4.90 Å². The molecule has 18 heavy (non-hydrogen) atoms. The molecular formula is C11H13NO5S. The molecule has 1 aromatic rings. The quantitative estimate of drug-likeness (QED) is 0.875. The van der Waals surface area contributed by atoms with E-state index in [-0.39, 0.29) is 19.1 Å². The zero-order chi connectivity index (χ0) is 13.1. The minimum atomic E-state index is -1.05. The molecular weight excluding hydrogens is 258 g/mol. The molecule has 1 atom stereocenters. The molecule has 0 saturated carbocycles. The van der Waals surface area contributed by atoms with Gasteiger partial charge < -0.3 is 19.5 Å². The largest absolute Gasteiger partial charge is 0.495 e. The molecule has 0 bridgehead atoms. The molecule has 0 radical (unpaired) electrons. The van der Waals surface area contributed by atoms with Gasteiger partial charge in [0.2, 0.25) is 0 Å². The molecule has 0 aromatic carbocycles. The number of methoxy groups -OCH3 is 1. The standard InChI is InChI=1S/C11H13NO5S/c1-16-7-2-5-18-9(7)10(13)12-3-4-17-8(6-12)11(14)15/h2,5,8H,3-4,6H2,1H3,(H,14,15)/t8-/m1/s1. The number of carbonyl (C=O) groups excluding carboxylic acids is 1. The summed E-state index contributed by atoms with van der Waals surface area (Å²) in [6, 6.07) is 1.72. The topological polar surface area (TPSA) is 76.1 Å². The molecule has 1 fully saturated rings. The van der Waals surface area contributed by atoms with Gasteiger partial charge in [0.15, 0.2) is 6.10 Å². The minimum absolute atomic E-state index is 0.0647. The molecule has 1 saturated heterocycles. The Morgan fingerprint density at radius 1 is 1.61 bits per heavy atom. The Balaban J connectivity index is 2.11. The summed E-state index contributed by atoms with van der Waals surface area (Å²) < 4.78 is 10.2. The number of rotatable bonds is 3. The highest BCUT2D eigenvalue weighted by molar-refractivity contribution is 7.12. The molecule has 98 valence electrons. The maximum absolute atomic E-state index is 12.2. The number of amides is 1. The molecule has 6 nitrogen and oxygen atoms in total. The molecule has 0 spiro atoms. The second kappa shape index (κ2) is 5.36. The minimum Gasteiger partial charge on any atom is -0.495 e. The van der Waals surface area contributed by atoms with Gasteiger partial charge in [-0.3, -0.25) is 4.79 Å². The first-order chi connectivity index (χ1) is 8.63. The van der Waals surface area contributed by atoms with Crippen molar-refractivity contribution in [2.75, 3.05) is 26.8 Å². The third-order valence-electron chi connectivity index (χ3n) is 2.67. The highest BCUT2D eigenvalue weighted by Crippen LogP contribution is 2.26. The van der Waals surface area contributed by atoms with Gasteiger partial charge in [0, 0.05) is 6.54 Å². The van der Waals surface area contributed by atoms with Crippen LogP contribution in [0.2, 0.25) is 0 Å². The summed E-state index contributed by atoms with van der Waals surface area (Å²) in [5.74, 6) is -0.745. The maximum Gasteiger partial charge on any atom is 0.334 e.